The Bertz CT molecular complexity index is 1170. The molecule has 0 aromatic heterocycles. The first-order valence-corrected chi connectivity index (χ1v) is 9.67. The molecule has 4 nitrogen and oxygen atoms in total. The summed E-state index contributed by atoms with van der Waals surface area (Å²) in [6.07, 6.45) is 7.10. The van der Waals surface area contributed by atoms with Crippen molar-refractivity contribution < 1.29 is 14.3 Å². The molecule has 2 amide bonds. The summed E-state index contributed by atoms with van der Waals surface area (Å²) in [5.41, 5.74) is 2.71. The predicted molar refractivity (Wildman–Crippen MR) is 113 cm³/mol. The Morgan fingerprint density at radius 2 is 1.62 bits per heavy atom. The Hall–Kier alpha value is -3.66. The number of amides is 2. The third-order valence-electron chi connectivity index (χ3n) is 5.43. The lowest BCUT2D eigenvalue weighted by Crippen LogP contribution is -2.40. The number of benzene rings is 3. The first-order chi connectivity index (χ1) is 14.1. The van der Waals surface area contributed by atoms with E-state index in [9.17, 15) is 9.59 Å². The van der Waals surface area contributed by atoms with Gasteiger partial charge in [-0.25, -0.2) is 4.90 Å². The molecule has 1 atom stereocenters. The normalized spacial score (nSPS) is 16.3. The highest BCUT2D eigenvalue weighted by Gasteiger charge is 2.34. The van der Waals surface area contributed by atoms with E-state index in [2.05, 4.69) is 18.2 Å². The molecular weight excluding hydrogens is 362 g/mol. The molecule has 0 spiro atoms. The van der Waals surface area contributed by atoms with E-state index in [-0.39, 0.29) is 17.9 Å². The molecule has 0 radical (unpaired) electrons. The number of hydrogen-bond donors (Lipinski definition) is 0. The second kappa shape index (κ2) is 6.74. The minimum atomic E-state index is -0.314. The molecule has 3 aromatic rings. The molecule has 29 heavy (non-hydrogen) atoms. The van der Waals surface area contributed by atoms with Crippen molar-refractivity contribution in [3.63, 3.8) is 0 Å². The molecule has 0 N–H and O–H groups in total. The van der Waals surface area contributed by atoms with Gasteiger partial charge < -0.3 is 4.74 Å². The SMILES string of the molecule is CC(Oc1cccc(N2C(=O)c3cccc4cccc(c34)C2=O)c1)C1=CCC=C1. The number of allylic oxidation sites excluding steroid dienone is 2. The molecule has 1 aliphatic carbocycles. The summed E-state index contributed by atoms with van der Waals surface area (Å²) in [4.78, 5) is 27.6. The van der Waals surface area contributed by atoms with Gasteiger partial charge in [0.15, 0.2) is 0 Å². The van der Waals surface area contributed by atoms with Crippen LogP contribution in [0.2, 0.25) is 0 Å². The molecule has 3 aromatic carbocycles. The third kappa shape index (κ3) is 2.85. The first kappa shape index (κ1) is 17.4. The summed E-state index contributed by atoms with van der Waals surface area (Å²) in [7, 11) is 0. The molecule has 0 bridgehead atoms. The maximum absolute atomic E-state index is 13.2. The van der Waals surface area contributed by atoms with Crippen molar-refractivity contribution in [2.24, 2.45) is 0 Å². The Kier molecular flexibility index (Phi) is 4.06. The first-order valence-electron chi connectivity index (χ1n) is 9.67. The molecule has 1 aliphatic heterocycles. The number of rotatable bonds is 4. The zero-order valence-electron chi connectivity index (χ0n) is 16.0. The summed E-state index contributed by atoms with van der Waals surface area (Å²) in [5.74, 6) is -0.00858. The summed E-state index contributed by atoms with van der Waals surface area (Å²) in [5, 5.41) is 1.62. The van der Waals surface area contributed by atoms with Crippen molar-refractivity contribution in [1.29, 1.82) is 0 Å². The monoisotopic (exact) mass is 381 g/mol. The molecule has 4 heteroatoms. The van der Waals surface area contributed by atoms with Gasteiger partial charge in [-0.3, -0.25) is 9.59 Å². The van der Waals surface area contributed by atoms with Gasteiger partial charge in [0.25, 0.3) is 11.8 Å². The number of anilines is 1. The van der Waals surface area contributed by atoms with Gasteiger partial charge in [-0.1, -0.05) is 48.6 Å². The minimum Gasteiger partial charge on any atom is -0.486 e. The summed E-state index contributed by atoms with van der Waals surface area (Å²) in [6, 6.07) is 18.2. The highest BCUT2D eigenvalue weighted by Crippen LogP contribution is 2.34. The van der Waals surface area contributed by atoms with Crippen molar-refractivity contribution >= 4 is 28.3 Å². The molecule has 0 saturated carbocycles. The topological polar surface area (TPSA) is 46.6 Å². The van der Waals surface area contributed by atoms with E-state index in [0.717, 1.165) is 22.8 Å². The van der Waals surface area contributed by atoms with E-state index in [1.54, 1.807) is 30.3 Å². The van der Waals surface area contributed by atoms with Crippen LogP contribution < -0.4 is 9.64 Å². The number of hydrogen-bond acceptors (Lipinski definition) is 3. The second-order valence-electron chi connectivity index (χ2n) is 7.25. The standard InChI is InChI=1S/C25H19NO3/c1-16(17-7-2-3-8-17)29-20-12-6-11-19(15-20)26-24(27)21-13-4-9-18-10-5-14-22(23(18)21)25(26)28/h2,4-16H,3H2,1H3. The third-order valence-corrected chi connectivity index (χ3v) is 5.43. The Balaban J connectivity index is 1.52. The average Bonchev–Trinajstić information content (AvgIpc) is 3.27. The van der Waals surface area contributed by atoms with Gasteiger partial charge >= 0.3 is 0 Å². The van der Waals surface area contributed by atoms with Crippen molar-refractivity contribution in [2.75, 3.05) is 4.90 Å². The van der Waals surface area contributed by atoms with Gasteiger partial charge in [0.05, 0.1) is 5.69 Å². The maximum atomic E-state index is 13.2. The quantitative estimate of drug-likeness (QED) is 0.577. The van der Waals surface area contributed by atoms with Crippen LogP contribution in [-0.4, -0.2) is 17.9 Å². The van der Waals surface area contributed by atoms with Crippen LogP contribution in [0.15, 0.2) is 84.5 Å². The molecule has 2 aliphatic rings. The zero-order valence-corrected chi connectivity index (χ0v) is 16.0. The van der Waals surface area contributed by atoms with Gasteiger partial charge in [-0.15, -0.1) is 0 Å². The fourth-order valence-corrected chi connectivity index (χ4v) is 4.01. The van der Waals surface area contributed by atoms with Crippen LogP contribution in [0.3, 0.4) is 0 Å². The second-order valence-corrected chi connectivity index (χ2v) is 7.25. The number of ether oxygens (including phenoxy) is 1. The molecular formula is C25H19NO3. The minimum absolute atomic E-state index is 0.105. The number of nitrogens with zero attached hydrogens (tertiary/aromatic N) is 1. The number of carbonyl (C=O) groups excluding carboxylic acids is 2. The molecule has 1 unspecified atom stereocenters. The predicted octanol–water partition coefficient (Wildman–Crippen LogP) is 5.29. The fraction of sp³-hybridized carbons (Fsp3) is 0.120. The lowest BCUT2D eigenvalue weighted by atomic mass is 9.94. The van der Waals surface area contributed by atoms with Crippen LogP contribution in [0.4, 0.5) is 5.69 Å². The van der Waals surface area contributed by atoms with Crippen molar-refractivity contribution in [3.8, 4) is 5.75 Å². The zero-order chi connectivity index (χ0) is 20.0. The highest BCUT2D eigenvalue weighted by molar-refractivity contribution is 6.35. The smallest absolute Gasteiger partial charge is 0.265 e. The van der Waals surface area contributed by atoms with E-state index >= 15 is 0 Å². The average molecular weight is 381 g/mol. The lowest BCUT2D eigenvalue weighted by Gasteiger charge is -2.27. The largest absolute Gasteiger partial charge is 0.486 e. The number of carbonyl (C=O) groups is 2. The van der Waals surface area contributed by atoms with Gasteiger partial charge in [-0.05, 0) is 48.6 Å². The maximum Gasteiger partial charge on any atom is 0.265 e. The summed E-state index contributed by atoms with van der Waals surface area (Å²) < 4.78 is 6.06. The molecule has 5 rings (SSSR count). The van der Waals surface area contributed by atoms with Crippen LogP contribution in [0.5, 0.6) is 5.75 Å². The molecule has 142 valence electrons. The van der Waals surface area contributed by atoms with Gasteiger partial charge in [0.1, 0.15) is 11.9 Å². The number of imide groups is 1. The Morgan fingerprint density at radius 1 is 0.931 bits per heavy atom. The lowest BCUT2D eigenvalue weighted by molar-refractivity contribution is 0.0893. The summed E-state index contributed by atoms with van der Waals surface area (Å²) in [6.45, 7) is 1.99. The van der Waals surface area contributed by atoms with E-state index in [1.165, 1.54) is 4.90 Å². The molecule has 0 fully saturated rings. The van der Waals surface area contributed by atoms with Crippen LogP contribution in [-0.2, 0) is 0 Å². The van der Waals surface area contributed by atoms with E-state index in [4.69, 9.17) is 4.74 Å². The van der Waals surface area contributed by atoms with Gasteiger partial charge in [-0.2, -0.15) is 0 Å². The van der Waals surface area contributed by atoms with E-state index in [1.807, 2.05) is 37.3 Å². The van der Waals surface area contributed by atoms with Gasteiger partial charge in [0, 0.05) is 22.6 Å². The van der Waals surface area contributed by atoms with Gasteiger partial charge in [0.2, 0.25) is 0 Å². The fourth-order valence-electron chi connectivity index (χ4n) is 4.01. The molecule has 1 heterocycles. The Morgan fingerprint density at radius 3 is 2.28 bits per heavy atom. The van der Waals surface area contributed by atoms with Crippen LogP contribution in [0.1, 0.15) is 34.1 Å². The van der Waals surface area contributed by atoms with Crippen molar-refractivity contribution in [2.45, 2.75) is 19.4 Å². The van der Waals surface area contributed by atoms with Crippen LogP contribution in [0, 0.1) is 0 Å². The van der Waals surface area contributed by atoms with Crippen LogP contribution in [0.25, 0.3) is 10.8 Å². The van der Waals surface area contributed by atoms with Crippen molar-refractivity contribution in [3.05, 3.63) is 95.6 Å². The Labute approximate surface area is 168 Å². The van der Waals surface area contributed by atoms with Crippen LogP contribution >= 0.6 is 0 Å². The molecule has 0 saturated heterocycles. The van der Waals surface area contributed by atoms with E-state index < -0.39 is 0 Å². The highest BCUT2D eigenvalue weighted by atomic mass is 16.5. The van der Waals surface area contributed by atoms with Crippen molar-refractivity contribution in [1.82, 2.24) is 0 Å². The van der Waals surface area contributed by atoms with E-state index in [0.29, 0.717) is 22.6 Å². The summed E-state index contributed by atoms with van der Waals surface area (Å²) >= 11 is 0.